The van der Waals surface area contributed by atoms with Crippen LogP contribution < -0.4 is 5.32 Å². The van der Waals surface area contributed by atoms with Crippen molar-refractivity contribution in [2.45, 2.75) is 82.5 Å². The Hall–Kier alpha value is -1.82. The standard InChI is InChI=1S/C21H27N3O2S/c1-21(20(26)22-15-6-2-3-7-15)13-23-17(12-14-10-11-27-19(14)23)18(25)24(21)16-8-4-5-9-16/h10-12,15-16H,2-9,13H2,1H3,(H,22,26)/t21-/m0/s1. The molecule has 3 heterocycles. The van der Waals surface area contributed by atoms with Gasteiger partial charge in [0.15, 0.2) is 0 Å². The molecule has 3 aliphatic rings. The summed E-state index contributed by atoms with van der Waals surface area (Å²) in [7, 11) is 0. The second-order valence-electron chi connectivity index (χ2n) is 8.64. The summed E-state index contributed by atoms with van der Waals surface area (Å²) in [4.78, 5) is 30.1. The summed E-state index contributed by atoms with van der Waals surface area (Å²) in [5.41, 5.74) is -0.0765. The maximum Gasteiger partial charge on any atom is 0.271 e. The second kappa shape index (κ2) is 6.36. The number of carbonyl (C=O) groups is 2. The number of rotatable bonds is 3. The molecule has 2 saturated carbocycles. The van der Waals surface area contributed by atoms with Crippen LogP contribution in [0.15, 0.2) is 17.5 Å². The third-order valence-electron chi connectivity index (χ3n) is 6.81. The predicted molar refractivity (Wildman–Crippen MR) is 107 cm³/mol. The normalized spacial score (nSPS) is 26.9. The first-order valence-electron chi connectivity index (χ1n) is 10.3. The smallest absolute Gasteiger partial charge is 0.271 e. The van der Waals surface area contributed by atoms with E-state index in [1.807, 2.05) is 17.9 Å². The Labute approximate surface area is 163 Å². The molecule has 0 radical (unpaired) electrons. The molecule has 2 aromatic heterocycles. The highest BCUT2D eigenvalue weighted by Crippen LogP contribution is 2.39. The fourth-order valence-electron chi connectivity index (χ4n) is 5.36. The van der Waals surface area contributed by atoms with Crippen LogP contribution in [0.5, 0.6) is 0 Å². The van der Waals surface area contributed by atoms with E-state index in [2.05, 4.69) is 21.3 Å². The molecule has 2 fully saturated rings. The van der Waals surface area contributed by atoms with Gasteiger partial charge in [-0.1, -0.05) is 25.7 Å². The van der Waals surface area contributed by atoms with E-state index in [0.717, 1.165) is 54.4 Å². The van der Waals surface area contributed by atoms with Gasteiger partial charge in [0, 0.05) is 17.5 Å². The molecule has 1 aliphatic heterocycles. The molecular formula is C21H27N3O2S. The lowest BCUT2D eigenvalue weighted by Crippen LogP contribution is -2.66. The maximum absolute atomic E-state index is 13.6. The predicted octanol–water partition coefficient (Wildman–Crippen LogP) is 3.92. The fourth-order valence-corrected chi connectivity index (χ4v) is 6.26. The van der Waals surface area contributed by atoms with Gasteiger partial charge in [-0.15, -0.1) is 11.3 Å². The zero-order valence-corrected chi connectivity index (χ0v) is 16.7. The third-order valence-corrected chi connectivity index (χ3v) is 7.76. The first-order chi connectivity index (χ1) is 13.1. The van der Waals surface area contributed by atoms with E-state index in [4.69, 9.17) is 0 Å². The van der Waals surface area contributed by atoms with E-state index < -0.39 is 5.54 Å². The SMILES string of the molecule is C[C@@]1(C(=O)NC2CCCC2)Cn2c(cc3ccsc32)C(=O)N1C1CCCC1. The minimum absolute atomic E-state index is 0.0266. The Morgan fingerprint density at radius 3 is 2.63 bits per heavy atom. The number of hydrogen-bond donors (Lipinski definition) is 1. The van der Waals surface area contributed by atoms with Gasteiger partial charge < -0.3 is 14.8 Å². The van der Waals surface area contributed by atoms with Crippen molar-refractivity contribution in [3.05, 3.63) is 23.2 Å². The lowest BCUT2D eigenvalue weighted by molar-refractivity contribution is -0.134. The average molecular weight is 386 g/mol. The summed E-state index contributed by atoms with van der Waals surface area (Å²) in [6.07, 6.45) is 8.79. The molecule has 2 amide bonds. The van der Waals surface area contributed by atoms with Gasteiger partial charge in [-0.05, 0) is 50.1 Å². The minimum Gasteiger partial charge on any atom is -0.351 e. The van der Waals surface area contributed by atoms with Crippen LogP contribution in [0.25, 0.3) is 10.2 Å². The molecule has 0 bridgehead atoms. The van der Waals surface area contributed by atoms with Gasteiger partial charge in [-0.3, -0.25) is 9.59 Å². The number of aromatic nitrogens is 1. The van der Waals surface area contributed by atoms with Gasteiger partial charge in [0.05, 0.1) is 6.54 Å². The van der Waals surface area contributed by atoms with Gasteiger partial charge in [0.2, 0.25) is 5.91 Å². The van der Waals surface area contributed by atoms with Gasteiger partial charge in [0.1, 0.15) is 16.1 Å². The van der Waals surface area contributed by atoms with E-state index in [-0.39, 0.29) is 23.9 Å². The fraction of sp³-hybridized carbons (Fsp3) is 0.619. The van der Waals surface area contributed by atoms with Crippen molar-refractivity contribution in [1.29, 1.82) is 0 Å². The number of nitrogens with zero attached hydrogens (tertiary/aromatic N) is 2. The van der Waals surface area contributed by atoms with E-state index in [1.54, 1.807) is 11.3 Å². The van der Waals surface area contributed by atoms with Crippen molar-refractivity contribution in [3.63, 3.8) is 0 Å². The summed E-state index contributed by atoms with van der Waals surface area (Å²) >= 11 is 1.65. The lowest BCUT2D eigenvalue weighted by atomic mass is 9.91. The van der Waals surface area contributed by atoms with E-state index in [9.17, 15) is 9.59 Å². The summed E-state index contributed by atoms with van der Waals surface area (Å²) < 4.78 is 2.09. The van der Waals surface area contributed by atoms with Gasteiger partial charge in [-0.2, -0.15) is 0 Å². The Bertz CT molecular complexity index is 889. The molecule has 1 N–H and O–H groups in total. The first-order valence-corrected chi connectivity index (χ1v) is 11.2. The largest absolute Gasteiger partial charge is 0.351 e. The molecule has 5 rings (SSSR count). The second-order valence-corrected chi connectivity index (χ2v) is 9.53. The molecule has 27 heavy (non-hydrogen) atoms. The van der Waals surface area contributed by atoms with Crippen molar-refractivity contribution < 1.29 is 9.59 Å². The van der Waals surface area contributed by atoms with Crippen molar-refractivity contribution in [3.8, 4) is 0 Å². The van der Waals surface area contributed by atoms with Crippen LogP contribution in [0.3, 0.4) is 0 Å². The molecular weight excluding hydrogens is 358 g/mol. The average Bonchev–Trinajstić information content (AvgIpc) is 3.41. The number of hydrogen-bond acceptors (Lipinski definition) is 3. The topological polar surface area (TPSA) is 54.3 Å². The van der Waals surface area contributed by atoms with Crippen LogP contribution >= 0.6 is 11.3 Å². The van der Waals surface area contributed by atoms with Crippen molar-refractivity contribution in [1.82, 2.24) is 14.8 Å². The molecule has 144 valence electrons. The number of carbonyl (C=O) groups excluding carboxylic acids is 2. The van der Waals surface area contributed by atoms with Gasteiger partial charge in [0.25, 0.3) is 5.91 Å². The van der Waals surface area contributed by atoms with E-state index in [1.165, 1.54) is 12.8 Å². The minimum atomic E-state index is -0.822. The Balaban J connectivity index is 1.56. The van der Waals surface area contributed by atoms with E-state index >= 15 is 0 Å². The van der Waals surface area contributed by atoms with Gasteiger partial charge >= 0.3 is 0 Å². The first kappa shape index (κ1) is 17.3. The van der Waals surface area contributed by atoms with Crippen molar-refractivity contribution >= 4 is 33.4 Å². The number of nitrogens with one attached hydrogen (secondary N) is 1. The van der Waals surface area contributed by atoms with E-state index in [0.29, 0.717) is 6.54 Å². The van der Waals surface area contributed by atoms with Crippen LogP contribution in [0.2, 0.25) is 0 Å². The molecule has 2 aliphatic carbocycles. The number of thiophene rings is 1. The Morgan fingerprint density at radius 2 is 1.89 bits per heavy atom. The van der Waals surface area contributed by atoms with Gasteiger partial charge in [-0.25, -0.2) is 0 Å². The van der Waals surface area contributed by atoms with Crippen molar-refractivity contribution in [2.75, 3.05) is 0 Å². The summed E-state index contributed by atoms with van der Waals surface area (Å²) in [6.45, 7) is 2.53. The van der Waals surface area contributed by atoms with Crippen LogP contribution in [-0.4, -0.2) is 38.9 Å². The number of fused-ring (bicyclic) bond motifs is 3. The number of amides is 2. The summed E-state index contributed by atoms with van der Waals surface area (Å²) in [5.74, 6) is 0.0549. The van der Waals surface area contributed by atoms with Crippen molar-refractivity contribution in [2.24, 2.45) is 0 Å². The summed E-state index contributed by atoms with van der Waals surface area (Å²) in [6, 6.07) is 4.51. The monoisotopic (exact) mass is 385 g/mol. The lowest BCUT2D eigenvalue weighted by Gasteiger charge is -2.47. The third kappa shape index (κ3) is 2.64. The molecule has 5 nitrogen and oxygen atoms in total. The molecule has 1 atom stereocenters. The van der Waals surface area contributed by atoms with Crippen LogP contribution in [-0.2, 0) is 11.3 Å². The zero-order chi connectivity index (χ0) is 18.6. The molecule has 0 aromatic carbocycles. The molecule has 2 aromatic rings. The molecule has 0 unspecified atom stereocenters. The molecule has 0 spiro atoms. The van der Waals surface area contributed by atoms with Crippen LogP contribution in [0.1, 0.15) is 68.8 Å². The maximum atomic E-state index is 13.6. The Kier molecular flexibility index (Phi) is 4.08. The highest BCUT2D eigenvalue weighted by Gasteiger charge is 2.51. The molecule has 0 saturated heterocycles. The summed E-state index contributed by atoms with van der Waals surface area (Å²) in [5, 5.41) is 6.45. The highest BCUT2D eigenvalue weighted by atomic mass is 32.1. The molecule has 6 heteroatoms. The zero-order valence-electron chi connectivity index (χ0n) is 15.9. The highest BCUT2D eigenvalue weighted by molar-refractivity contribution is 7.16. The quantitative estimate of drug-likeness (QED) is 0.871. The van der Waals surface area contributed by atoms with Crippen LogP contribution in [0, 0.1) is 0 Å². The Morgan fingerprint density at radius 1 is 1.19 bits per heavy atom. The van der Waals surface area contributed by atoms with Crippen LogP contribution in [0.4, 0.5) is 0 Å².